The highest BCUT2D eigenvalue weighted by atomic mass is 16.2. The van der Waals surface area contributed by atoms with Crippen LogP contribution in [-0.2, 0) is 4.79 Å². The van der Waals surface area contributed by atoms with Crippen molar-refractivity contribution in [1.29, 1.82) is 0 Å². The zero-order valence-electron chi connectivity index (χ0n) is 6.71. The fourth-order valence-electron chi connectivity index (χ4n) is 1.37. The van der Waals surface area contributed by atoms with E-state index in [-0.39, 0.29) is 11.8 Å². The van der Waals surface area contributed by atoms with Crippen LogP contribution in [0.5, 0.6) is 0 Å². The molecule has 0 spiro atoms. The van der Waals surface area contributed by atoms with E-state index in [1.807, 2.05) is 19.1 Å². The van der Waals surface area contributed by atoms with Gasteiger partial charge in [0.1, 0.15) is 0 Å². The van der Waals surface area contributed by atoms with Crippen LogP contribution in [0.2, 0.25) is 0 Å². The van der Waals surface area contributed by atoms with Gasteiger partial charge in [-0.05, 0) is 6.92 Å². The highest BCUT2D eigenvalue weighted by Crippen LogP contribution is 2.19. The Kier molecular flexibility index (Phi) is 2.47. The van der Waals surface area contributed by atoms with E-state index >= 15 is 0 Å². The maximum atomic E-state index is 11.1. The van der Waals surface area contributed by atoms with Gasteiger partial charge in [-0.25, -0.2) is 0 Å². The van der Waals surface area contributed by atoms with E-state index in [9.17, 15) is 4.79 Å². The molecule has 1 aliphatic rings. The second kappa shape index (κ2) is 3.37. The second-order valence-electron chi connectivity index (χ2n) is 2.70. The maximum Gasteiger partial charge on any atom is 0.227 e. The van der Waals surface area contributed by atoms with Gasteiger partial charge in [0.2, 0.25) is 5.91 Å². The first kappa shape index (κ1) is 8.05. The Balaban J connectivity index is 2.68. The Hall–Kier alpha value is -1.05. The lowest BCUT2D eigenvalue weighted by atomic mass is 9.95. The Labute approximate surface area is 67.0 Å². The minimum absolute atomic E-state index is 0.0220. The van der Waals surface area contributed by atoms with Crippen LogP contribution in [-0.4, -0.2) is 12.5 Å². The van der Waals surface area contributed by atoms with E-state index in [0.717, 1.165) is 6.54 Å². The van der Waals surface area contributed by atoms with E-state index in [0.29, 0.717) is 5.92 Å². The molecule has 1 saturated heterocycles. The van der Waals surface area contributed by atoms with E-state index in [1.54, 1.807) is 6.08 Å². The summed E-state index contributed by atoms with van der Waals surface area (Å²) in [4.78, 5) is 11.1. The monoisotopic (exact) mass is 151 g/mol. The average molecular weight is 151 g/mol. The van der Waals surface area contributed by atoms with Crippen LogP contribution in [0.15, 0.2) is 24.8 Å². The van der Waals surface area contributed by atoms with Crippen molar-refractivity contribution in [3.8, 4) is 0 Å². The molecule has 11 heavy (non-hydrogen) atoms. The number of allylic oxidation sites excluding steroid dienone is 1. The molecule has 0 saturated carbocycles. The molecule has 60 valence electrons. The molecule has 0 radical (unpaired) electrons. The van der Waals surface area contributed by atoms with Crippen molar-refractivity contribution in [2.24, 2.45) is 11.8 Å². The fourth-order valence-corrected chi connectivity index (χ4v) is 1.37. The van der Waals surface area contributed by atoms with E-state index in [2.05, 4.69) is 11.9 Å². The maximum absolute atomic E-state index is 11.1. The van der Waals surface area contributed by atoms with Crippen LogP contribution >= 0.6 is 0 Å². The Morgan fingerprint density at radius 2 is 2.45 bits per heavy atom. The molecule has 1 N–H and O–H groups in total. The van der Waals surface area contributed by atoms with Gasteiger partial charge < -0.3 is 5.32 Å². The van der Waals surface area contributed by atoms with Crippen molar-refractivity contribution in [3.63, 3.8) is 0 Å². The summed E-state index contributed by atoms with van der Waals surface area (Å²) in [5.74, 6) is 0.388. The average Bonchev–Trinajstić information content (AvgIpc) is 2.33. The minimum atomic E-state index is -0.0220. The van der Waals surface area contributed by atoms with Crippen LogP contribution in [0.4, 0.5) is 0 Å². The first-order valence-corrected chi connectivity index (χ1v) is 3.82. The van der Waals surface area contributed by atoms with Crippen LogP contribution in [0.3, 0.4) is 0 Å². The number of nitrogens with one attached hydrogen (secondary N) is 1. The SMILES string of the molecule is C=CC1C(=O)NCC1/C=C\C. The van der Waals surface area contributed by atoms with Crippen molar-refractivity contribution in [1.82, 2.24) is 5.32 Å². The zero-order chi connectivity index (χ0) is 8.27. The Bertz CT molecular complexity index is 196. The van der Waals surface area contributed by atoms with Gasteiger partial charge in [-0.2, -0.15) is 0 Å². The molecule has 0 aliphatic carbocycles. The lowest BCUT2D eigenvalue weighted by molar-refractivity contribution is -0.121. The van der Waals surface area contributed by atoms with Gasteiger partial charge in [0.15, 0.2) is 0 Å². The summed E-state index contributed by atoms with van der Waals surface area (Å²) in [5, 5.41) is 2.79. The molecule has 0 bridgehead atoms. The quantitative estimate of drug-likeness (QED) is 0.588. The molecular weight excluding hydrogens is 138 g/mol. The number of hydrogen-bond donors (Lipinski definition) is 1. The molecule has 2 heteroatoms. The van der Waals surface area contributed by atoms with Crippen molar-refractivity contribution in [3.05, 3.63) is 24.8 Å². The topological polar surface area (TPSA) is 29.1 Å². The Morgan fingerprint density at radius 3 is 3.00 bits per heavy atom. The van der Waals surface area contributed by atoms with E-state index in [4.69, 9.17) is 0 Å². The normalized spacial score (nSPS) is 30.8. The van der Waals surface area contributed by atoms with Gasteiger partial charge in [0.25, 0.3) is 0 Å². The fraction of sp³-hybridized carbons (Fsp3) is 0.444. The first-order valence-electron chi connectivity index (χ1n) is 3.82. The predicted molar refractivity (Wildman–Crippen MR) is 45.0 cm³/mol. The molecule has 1 rings (SSSR count). The third-order valence-electron chi connectivity index (χ3n) is 1.97. The lowest BCUT2D eigenvalue weighted by Gasteiger charge is -2.05. The summed E-state index contributed by atoms with van der Waals surface area (Å²) >= 11 is 0. The molecule has 2 atom stereocenters. The van der Waals surface area contributed by atoms with Crippen LogP contribution in [0.1, 0.15) is 6.92 Å². The van der Waals surface area contributed by atoms with Gasteiger partial charge >= 0.3 is 0 Å². The van der Waals surface area contributed by atoms with Crippen LogP contribution in [0.25, 0.3) is 0 Å². The number of rotatable bonds is 2. The van der Waals surface area contributed by atoms with Gasteiger partial charge in [0.05, 0.1) is 5.92 Å². The van der Waals surface area contributed by atoms with Gasteiger partial charge in [-0.1, -0.05) is 18.2 Å². The van der Waals surface area contributed by atoms with Crippen molar-refractivity contribution in [2.45, 2.75) is 6.92 Å². The molecule has 2 unspecified atom stereocenters. The highest BCUT2D eigenvalue weighted by molar-refractivity contribution is 5.83. The molecular formula is C9H13NO. The number of carbonyl (C=O) groups excluding carboxylic acids is 1. The minimum Gasteiger partial charge on any atom is -0.355 e. The molecule has 0 aromatic carbocycles. The second-order valence-corrected chi connectivity index (χ2v) is 2.70. The highest BCUT2D eigenvalue weighted by Gasteiger charge is 2.29. The third-order valence-corrected chi connectivity index (χ3v) is 1.97. The van der Waals surface area contributed by atoms with Crippen molar-refractivity contribution in [2.75, 3.05) is 6.54 Å². The molecule has 1 heterocycles. The van der Waals surface area contributed by atoms with Gasteiger partial charge in [0, 0.05) is 12.5 Å². The molecule has 0 aromatic rings. The third kappa shape index (κ3) is 1.50. The van der Waals surface area contributed by atoms with Crippen molar-refractivity contribution < 1.29 is 4.79 Å². The predicted octanol–water partition coefficient (Wildman–Crippen LogP) is 1.11. The van der Waals surface area contributed by atoms with Crippen LogP contribution < -0.4 is 5.32 Å². The van der Waals surface area contributed by atoms with Gasteiger partial charge in [-0.3, -0.25) is 4.79 Å². The zero-order valence-corrected chi connectivity index (χ0v) is 6.71. The summed E-state index contributed by atoms with van der Waals surface area (Å²) in [6, 6.07) is 0. The van der Waals surface area contributed by atoms with E-state index < -0.39 is 0 Å². The number of amides is 1. The number of carbonyl (C=O) groups is 1. The summed E-state index contributed by atoms with van der Waals surface area (Å²) < 4.78 is 0. The Morgan fingerprint density at radius 1 is 1.73 bits per heavy atom. The summed E-state index contributed by atoms with van der Waals surface area (Å²) in [5.41, 5.74) is 0. The van der Waals surface area contributed by atoms with Crippen molar-refractivity contribution >= 4 is 5.91 Å². The molecule has 0 aromatic heterocycles. The standard InChI is InChI=1S/C9H13NO/c1-3-5-7-6-10-9(11)8(7)4-2/h3-5,7-8H,2,6H2,1H3,(H,10,11)/b5-3-. The first-order chi connectivity index (χ1) is 5.29. The molecule has 2 nitrogen and oxygen atoms in total. The van der Waals surface area contributed by atoms with Gasteiger partial charge in [-0.15, -0.1) is 6.58 Å². The summed E-state index contributed by atoms with van der Waals surface area (Å²) in [7, 11) is 0. The summed E-state index contributed by atoms with van der Waals surface area (Å²) in [6.45, 7) is 6.34. The molecule has 1 fully saturated rings. The summed E-state index contributed by atoms with van der Waals surface area (Å²) in [6.07, 6.45) is 5.73. The smallest absolute Gasteiger partial charge is 0.227 e. The number of hydrogen-bond acceptors (Lipinski definition) is 1. The van der Waals surface area contributed by atoms with Crippen LogP contribution in [0, 0.1) is 11.8 Å². The van der Waals surface area contributed by atoms with E-state index in [1.165, 1.54) is 0 Å². The lowest BCUT2D eigenvalue weighted by Crippen LogP contribution is -2.17. The molecule has 1 aliphatic heterocycles. The molecule has 1 amide bonds. The largest absolute Gasteiger partial charge is 0.355 e.